The minimum atomic E-state index is 0.231. The van der Waals surface area contributed by atoms with Crippen molar-refractivity contribution in [1.82, 2.24) is 15.1 Å². The van der Waals surface area contributed by atoms with Crippen molar-refractivity contribution in [3.8, 4) is 0 Å². The Hall–Kier alpha value is -1.61. The van der Waals surface area contributed by atoms with Gasteiger partial charge in [0.2, 0.25) is 0 Å². The molecule has 0 aliphatic carbocycles. The number of nitrogens with one attached hydrogen (secondary N) is 1. The Kier molecular flexibility index (Phi) is 5.57. The predicted molar refractivity (Wildman–Crippen MR) is 88.6 cm³/mol. The van der Waals surface area contributed by atoms with E-state index in [-0.39, 0.29) is 6.04 Å². The lowest BCUT2D eigenvalue weighted by molar-refractivity contribution is 0.588. The normalized spacial score (nSPS) is 12.6. The molecule has 1 unspecified atom stereocenters. The van der Waals surface area contributed by atoms with Crippen molar-refractivity contribution in [1.29, 1.82) is 0 Å². The first-order chi connectivity index (χ1) is 10.1. The highest BCUT2D eigenvalue weighted by atomic mass is 15.3. The fraction of sp³-hybridized carbons (Fsp3) is 0.500. The molecule has 1 atom stereocenters. The van der Waals surface area contributed by atoms with Crippen LogP contribution < -0.4 is 5.32 Å². The van der Waals surface area contributed by atoms with Gasteiger partial charge < -0.3 is 5.32 Å². The maximum atomic E-state index is 4.48. The van der Waals surface area contributed by atoms with Gasteiger partial charge in [0.25, 0.3) is 0 Å². The third-order valence-electron chi connectivity index (χ3n) is 3.62. The standard InChI is InChI=1S/C18H27N3/c1-5-7-19-18(16-10-14(3)9-15(4)11-16)17-12-20-21(13-17)8-6-2/h9-13,18-19H,5-8H2,1-4H3. The van der Waals surface area contributed by atoms with Crippen LogP contribution in [0.5, 0.6) is 0 Å². The lowest BCUT2D eigenvalue weighted by Crippen LogP contribution is -2.23. The second-order valence-corrected chi connectivity index (χ2v) is 5.84. The number of aromatic nitrogens is 2. The van der Waals surface area contributed by atoms with E-state index >= 15 is 0 Å². The van der Waals surface area contributed by atoms with Crippen LogP contribution in [0.15, 0.2) is 30.6 Å². The Morgan fingerprint density at radius 2 is 1.76 bits per heavy atom. The predicted octanol–water partition coefficient (Wildman–Crippen LogP) is 4.00. The van der Waals surface area contributed by atoms with Gasteiger partial charge in [-0.3, -0.25) is 4.68 Å². The first-order valence-corrected chi connectivity index (χ1v) is 7.98. The first-order valence-electron chi connectivity index (χ1n) is 7.98. The SMILES string of the molecule is CCCNC(c1cc(C)cc(C)c1)c1cnn(CCC)c1. The van der Waals surface area contributed by atoms with Gasteiger partial charge in [-0.15, -0.1) is 0 Å². The van der Waals surface area contributed by atoms with E-state index in [9.17, 15) is 0 Å². The molecule has 0 bridgehead atoms. The molecule has 114 valence electrons. The smallest absolute Gasteiger partial charge is 0.0608 e. The molecule has 1 aromatic carbocycles. The van der Waals surface area contributed by atoms with Crippen LogP contribution in [0.25, 0.3) is 0 Å². The van der Waals surface area contributed by atoms with Gasteiger partial charge in [-0.1, -0.05) is 43.2 Å². The van der Waals surface area contributed by atoms with Gasteiger partial charge in [-0.05, 0) is 38.8 Å². The third-order valence-corrected chi connectivity index (χ3v) is 3.62. The first kappa shape index (κ1) is 15.8. The van der Waals surface area contributed by atoms with E-state index in [0.29, 0.717) is 0 Å². The van der Waals surface area contributed by atoms with Crippen molar-refractivity contribution in [2.45, 2.75) is 53.1 Å². The number of hydrogen-bond acceptors (Lipinski definition) is 2. The summed E-state index contributed by atoms with van der Waals surface area (Å²) in [6.07, 6.45) is 6.41. The fourth-order valence-corrected chi connectivity index (χ4v) is 2.77. The lowest BCUT2D eigenvalue weighted by Gasteiger charge is -2.19. The summed E-state index contributed by atoms with van der Waals surface area (Å²) in [5.41, 5.74) is 5.21. The summed E-state index contributed by atoms with van der Waals surface area (Å²) in [4.78, 5) is 0. The number of hydrogen-bond donors (Lipinski definition) is 1. The monoisotopic (exact) mass is 285 g/mol. The molecule has 21 heavy (non-hydrogen) atoms. The molecular weight excluding hydrogens is 258 g/mol. The summed E-state index contributed by atoms with van der Waals surface area (Å²) < 4.78 is 2.04. The van der Waals surface area contributed by atoms with E-state index in [1.54, 1.807) is 0 Å². The molecule has 2 rings (SSSR count). The minimum absolute atomic E-state index is 0.231. The summed E-state index contributed by atoms with van der Waals surface area (Å²) in [5.74, 6) is 0. The molecule has 0 spiro atoms. The molecule has 0 fully saturated rings. The molecule has 0 aliphatic rings. The Balaban J connectivity index is 2.31. The van der Waals surface area contributed by atoms with Crippen molar-refractivity contribution in [3.05, 3.63) is 52.8 Å². The maximum Gasteiger partial charge on any atom is 0.0608 e. The molecule has 3 heteroatoms. The number of aryl methyl sites for hydroxylation is 3. The van der Waals surface area contributed by atoms with E-state index in [2.05, 4.69) is 62.5 Å². The third kappa shape index (κ3) is 4.18. The van der Waals surface area contributed by atoms with Crippen LogP contribution in [-0.2, 0) is 6.54 Å². The molecule has 1 N–H and O–H groups in total. The van der Waals surface area contributed by atoms with Gasteiger partial charge in [-0.2, -0.15) is 5.10 Å². The van der Waals surface area contributed by atoms with Gasteiger partial charge in [0.15, 0.2) is 0 Å². The molecule has 0 saturated carbocycles. The average molecular weight is 285 g/mol. The second kappa shape index (κ2) is 7.41. The second-order valence-electron chi connectivity index (χ2n) is 5.84. The molecule has 2 aromatic rings. The maximum absolute atomic E-state index is 4.48. The van der Waals surface area contributed by atoms with E-state index in [4.69, 9.17) is 0 Å². The average Bonchev–Trinajstić information content (AvgIpc) is 2.87. The van der Waals surface area contributed by atoms with Crippen LogP contribution in [0.1, 0.15) is 55.0 Å². The Morgan fingerprint density at radius 3 is 2.38 bits per heavy atom. The van der Waals surface area contributed by atoms with Crippen molar-refractivity contribution >= 4 is 0 Å². The largest absolute Gasteiger partial charge is 0.306 e. The summed E-state index contributed by atoms with van der Waals surface area (Å²) in [5, 5.41) is 8.14. The molecule has 1 aromatic heterocycles. The summed E-state index contributed by atoms with van der Waals surface area (Å²) in [6, 6.07) is 7.00. The van der Waals surface area contributed by atoms with E-state index in [0.717, 1.165) is 25.9 Å². The Morgan fingerprint density at radius 1 is 1.05 bits per heavy atom. The van der Waals surface area contributed by atoms with Crippen LogP contribution >= 0.6 is 0 Å². The highest BCUT2D eigenvalue weighted by Gasteiger charge is 2.16. The van der Waals surface area contributed by atoms with Crippen molar-refractivity contribution in [3.63, 3.8) is 0 Å². The van der Waals surface area contributed by atoms with Gasteiger partial charge in [0.1, 0.15) is 0 Å². The topological polar surface area (TPSA) is 29.9 Å². The van der Waals surface area contributed by atoms with Gasteiger partial charge in [0, 0.05) is 18.3 Å². The van der Waals surface area contributed by atoms with Crippen molar-refractivity contribution in [2.24, 2.45) is 0 Å². The molecular formula is C18H27N3. The fourth-order valence-electron chi connectivity index (χ4n) is 2.77. The summed E-state index contributed by atoms with van der Waals surface area (Å²) in [6.45, 7) is 10.7. The molecule has 0 saturated heterocycles. The summed E-state index contributed by atoms with van der Waals surface area (Å²) in [7, 11) is 0. The Labute approximate surface area is 128 Å². The van der Waals surface area contributed by atoms with Crippen LogP contribution in [0.2, 0.25) is 0 Å². The van der Waals surface area contributed by atoms with Crippen LogP contribution in [0.4, 0.5) is 0 Å². The zero-order valence-electron chi connectivity index (χ0n) is 13.7. The number of rotatable bonds is 7. The van der Waals surface area contributed by atoms with Gasteiger partial charge >= 0.3 is 0 Å². The van der Waals surface area contributed by atoms with Crippen LogP contribution in [-0.4, -0.2) is 16.3 Å². The van der Waals surface area contributed by atoms with Crippen molar-refractivity contribution in [2.75, 3.05) is 6.54 Å². The van der Waals surface area contributed by atoms with Crippen LogP contribution in [0.3, 0.4) is 0 Å². The number of nitrogens with zero attached hydrogens (tertiary/aromatic N) is 2. The minimum Gasteiger partial charge on any atom is -0.306 e. The van der Waals surface area contributed by atoms with Gasteiger partial charge in [0.05, 0.1) is 12.2 Å². The molecule has 1 heterocycles. The van der Waals surface area contributed by atoms with Crippen molar-refractivity contribution < 1.29 is 0 Å². The van der Waals surface area contributed by atoms with E-state index in [1.807, 2.05) is 10.9 Å². The Bertz CT molecular complexity index is 551. The zero-order valence-corrected chi connectivity index (χ0v) is 13.7. The molecule has 0 aliphatic heterocycles. The molecule has 0 amide bonds. The zero-order chi connectivity index (χ0) is 15.2. The highest BCUT2D eigenvalue weighted by molar-refractivity contribution is 5.35. The summed E-state index contributed by atoms with van der Waals surface area (Å²) >= 11 is 0. The quantitative estimate of drug-likeness (QED) is 0.833. The van der Waals surface area contributed by atoms with E-state index in [1.165, 1.54) is 22.3 Å². The lowest BCUT2D eigenvalue weighted by atomic mass is 9.97. The van der Waals surface area contributed by atoms with E-state index < -0.39 is 0 Å². The highest BCUT2D eigenvalue weighted by Crippen LogP contribution is 2.24. The van der Waals surface area contributed by atoms with Gasteiger partial charge in [-0.25, -0.2) is 0 Å². The van der Waals surface area contributed by atoms with Crippen LogP contribution in [0, 0.1) is 13.8 Å². The molecule has 3 nitrogen and oxygen atoms in total. The number of benzene rings is 1. The molecule has 0 radical (unpaired) electrons.